The van der Waals surface area contributed by atoms with Crippen molar-refractivity contribution in [2.75, 3.05) is 18.7 Å². The smallest absolute Gasteiger partial charge is 0.325 e. The minimum atomic E-state index is -0.719. The van der Waals surface area contributed by atoms with Gasteiger partial charge < -0.3 is 19.5 Å². The van der Waals surface area contributed by atoms with Gasteiger partial charge in [-0.15, -0.1) is 0 Å². The molecule has 0 atom stereocenters. The number of hydrogen-bond acceptors (Lipinski definition) is 6. The zero-order valence-electron chi connectivity index (χ0n) is 15.6. The number of rotatable bonds is 4. The van der Waals surface area contributed by atoms with E-state index in [1.807, 2.05) is 6.92 Å². The van der Waals surface area contributed by atoms with Gasteiger partial charge in [-0.3, -0.25) is 10.1 Å². The molecule has 1 aromatic heterocycles. The number of amides is 3. The molecule has 1 aliphatic rings. The molecule has 0 spiro atoms. The van der Waals surface area contributed by atoms with Crippen molar-refractivity contribution >= 4 is 51.7 Å². The lowest BCUT2D eigenvalue weighted by molar-refractivity contribution is -0.121. The van der Waals surface area contributed by atoms with Crippen molar-refractivity contribution in [1.29, 1.82) is 0 Å². The van der Waals surface area contributed by atoms with Gasteiger partial charge in [0.2, 0.25) is 6.79 Å². The lowest BCUT2D eigenvalue weighted by Gasteiger charge is -2.12. The highest BCUT2D eigenvalue weighted by Crippen LogP contribution is 2.37. The highest BCUT2D eigenvalue weighted by atomic mass is 35.5. The van der Waals surface area contributed by atoms with E-state index in [4.69, 9.17) is 37.4 Å². The van der Waals surface area contributed by atoms with Gasteiger partial charge in [0.25, 0.3) is 5.91 Å². The summed E-state index contributed by atoms with van der Waals surface area (Å²) in [6.07, 6.45) is 0. The van der Waals surface area contributed by atoms with Crippen molar-refractivity contribution in [3.63, 3.8) is 0 Å². The Balaban J connectivity index is 1.40. The molecule has 1 aliphatic heterocycles. The zero-order chi connectivity index (χ0) is 21.3. The van der Waals surface area contributed by atoms with Crippen LogP contribution < -0.4 is 24.8 Å². The molecule has 0 fully saturated rings. The number of carbonyl (C=O) groups is 2. The van der Waals surface area contributed by atoms with Gasteiger partial charge in [0, 0.05) is 22.8 Å². The number of fused-ring (bicyclic) bond motifs is 2. The van der Waals surface area contributed by atoms with Gasteiger partial charge in [0.15, 0.2) is 23.9 Å². The molecule has 3 amide bonds. The number of hydrogen-bond donors (Lipinski definition) is 2. The van der Waals surface area contributed by atoms with Gasteiger partial charge in [-0.1, -0.05) is 23.2 Å². The van der Waals surface area contributed by atoms with Crippen LogP contribution in [-0.2, 0) is 4.79 Å². The molecule has 0 radical (unpaired) electrons. The Labute approximate surface area is 181 Å². The van der Waals surface area contributed by atoms with Crippen molar-refractivity contribution in [2.45, 2.75) is 6.92 Å². The molecule has 154 valence electrons. The molecular weight excluding hydrogens is 433 g/mol. The average molecular weight is 448 g/mol. The van der Waals surface area contributed by atoms with E-state index in [0.717, 1.165) is 5.69 Å². The number of ether oxygens (including phenoxy) is 3. The third-order valence-corrected chi connectivity index (χ3v) is 4.80. The fourth-order valence-electron chi connectivity index (χ4n) is 2.86. The molecule has 2 aromatic carbocycles. The van der Waals surface area contributed by atoms with Gasteiger partial charge in [0.05, 0.1) is 10.0 Å². The number of nitrogens with zero attached hydrogens (tertiary/aromatic N) is 1. The van der Waals surface area contributed by atoms with Gasteiger partial charge >= 0.3 is 6.03 Å². The first-order valence-electron chi connectivity index (χ1n) is 8.79. The molecule has 4 rings (SSSR count). The summed E-state index contributed by atoms with van der Waals surface area (Å²) in [5.41, 5.74) is 1.61. The second-order valence-electron chi connectivity index (χ2n) is 6.38. The van der Waals surface area contributed by atoms with Crippen LogP contribution in [0.1, 0.15) is 5.69 Å². The number of benzene rings is 2. The highest BCUT2D eigenvalue weighted by molar-refractivity contribution is 6.39. The largest absolute Gasteiger partial charge is 0.480 e. The Kier molecular flexibility index (Phi) is 5.52. The van der Waals surface area contributed by atoms with E-state index < -0.39 is 18.5 Å². The summed E-state index contributed by atoms with van der Waals surface area (Å²) in [5.74, 6) is 0.641. The maximum Gasteiger partial charge on any atom is 0.325 e. The molecule has 8 nitrogen and oxygen atoms in total. The third-order valence-electron chi connectivity index (χ3n) is 4.21. The maximum absolute atomic E-state index is 12.2. The summed E-state index contributed by atoms with van der Waals surface area (Å²) < 4.78 is 16.0. The quantitative estimate of drug-likeness (QED) is 0.618. The first-order chi connectivity index (χ1) is 14.4. The number of nitrogens with one attached hydrogen (secondary N) is 2. The lowest BCUT2D eigenvalue weighted by atomic mass is 10.2. The predicted octanol–water partition coefficient (Wildman–Crippen LogP) is 4.31. The van der Waals surface area contributed by atoms with Crippen LogP contribution >= 0.6 is 23.2 Å². The van der Waals surface area contributed by atoms with Crippen LogP contribution in [-0.4, -0.2) is 30.3 Å². The Morgan fingerprint density at radius 1 is 1.10 bits per heavy atom. The highest BCUT2D eigenvalue weighted by Gasteiger charge is 2.17. The minimum Gasteiger partial charge on any atom is -0.480 e. The van der Waals surface area contributed by atoms with Crippen molar-refractivity contribution in [3.8, 4) is 17.2 Å². The molecule has 10 heteroatoms. The molecule has 0 unspecified atom stereocenters. The fourth-order valence-corrected chi connectivity index (χ4v) is 3.44. The first-order valence-corrected chi connectivity index (χ1v) is 9.55. The number of anilines is 1. The first kappa shape index (κ1) is 20.1. The van der Waals surface area contributed by atoms with E-state index in [0.29, 0.717) is 33.1 Å². The number of imide groups is 1. The van der Waals surface area contributed by atoms with E-state index in [1.54, 1.807) is 30.3 Å². The summed E-state index contributed by atoms with van der Waals surface area (Å²) >= 11 is 12.4. The van der Waals surface area contributed by atoms with Crippen LogP contribution in [0.25, 0.3) is 10.9 Å². The van der Waals surface area contributed by atoms with Crippen molar-refractivity contribution in [2.24, 2.45) is 0 Å². The zero-order valence-corrected chi connectivity index (χ0v) is 17.1. The summed E-state index contributed by atoms with van der Waals surface area (Å²) in [6.45, 7) is 1.49. The Bertz CT molecular complexity index is 1170. The van der Waals surface area contributed by atoms with Crippen molar-refractivity contribution in [3.05, 3.63) is 52.1 Å². The Morgan fingerprint density at radius 2 is 1.90 bits per heavy atom. The van der Waals surface area contributed by atoms with Gasteiger partial charge in [0.1, 0.15) is 5.52 Å². The summed E-state index contributed by atoms with van der Waals surface area (Å²) in [4.78, 5) is 28.6. The number of aryl methyl sites for hydroxylation is 1. The number of aromatic nitrogens is 1. The third kappa shape index (κ3) is 4.19. The number of carbonyl (C=O) groups excluding carboxylic acids is 2. The number of halogens is 2. The molecule has 2 N–H and O–H groups in total. The fraction of sp³-hybridized carbons (Fsp3) is 0.150. The normalized spacial score (nSPS) is 12.0. The molecule has 0 aliphatic carbocycles. The minimum absolute atomic E-state index is 0.122. The summed E-state index contributed by atoms with van der Waals surface area (Å²) in [6, 6.07) is 9.27. The standard InChI is InChI=1S/C20H15Cl2N3O5/c1-10-2-4-12-13(21)7-14(22)19(18(12)23-10)28-8-17(26)25-20(27)24-11-3-5-15-16(6-11)30-9-29-15/h2-7H,8-9H2,1H3,(H2,24,25,26,27). The summed E-state index contributed by atoms with van der Waals surface area (Å²) in [7, 11) is 0. The van der Waals surface area contributed by atoms with Crippen LogP contribution in [0, 0.1) is 6.92 Å². The van der Waals surface area contributed by atoms with Crippen LogP contribution in [0.5, 0.6) is 17.2 Å². The molecular formula is C20H15Cl2N3O5. The van der Waals surface area contributed by atoms with Gasteiger partial charge in [-0.05, 0) is 37.3 Å². The van der Waals surface area contributed by atoms with E-state index in [2.05, 4.69) is 15.6 Å². The van der Waals surface area contributed by atoms with E-state index in [-0.39, 0.29) is 17.6 Å². The Hall–Kier alpha value is -3.23. The molecule has 0 bridgehead atoms. The van der Waals surface area contributed by atoms with Crippen LogP contribution in [0.3, 0.4) is 0 Å². The van der Waals surface area contributed by atoms with E-state index >= 15 is 0 Å². The molecule has 3 aromatic rings. The predicted molar refractivity (Wildman–Crippen MR) is 112 cm³/mol. The number of pyridine rings is 1. The average Bonchev–Trinajstić information content (AvgIpc) is 3.15. The van der Waals surface area contributed by atoms with Gasteiger partial charge in [-0.25, -0.2) is 9.78 Å². The summed E-state index contributed by atoms with van der Waals surface area (Å²) in [5, 5.41) is 5.99. The molecule has 0 saturated carbocycles. The van der Waals surface area contributed by atoms with Crippen LogP contribution in [0.4, 0.5) is 10.5 Å². The molecule has 30 heavy (non-hydrogen) atoms. The van der Waals surface area contributed by atoms with Crippen molar-refractivity contribution < 1.29 is 23.8 Å². The second-order valence-corrected chi connectivity index (χ2v) is 7.19. The SMILES string of the molecule is Cc1ccc2c(Cl)cc(Cl)c(OCC(=O)NC(=O)Nc3ccc4c(c3)OCO4)c2n1. The van der Waals surface area contributed by atoms with Crippen LogP contribution in [0.2, 0.25) is 10.0 Å². The van der Waals surface area contributed by atoms with Crippen LogP contribution in [0.15, 0.2) is 36.4 Å². The monoisotopic (exact) mass is 447 g/mol. The van der Waals surface area contributed by atoms with Gasteiger partial charge in [-0.2, -0.15) is 0 Å². The maximum atomic E-state index is 12.2. The topological polar surface area (TPSA) is 98.8 Å². The Morgan fingerprint density at radius 3 is 2.73 bits per heavy atom. The van der Waals surface area contributed by atoms with E-state index in [9.17, 15) is 9.59 Å². The lowest BCUT2D eigenvalue weighted by Crippen LogP contribution is -2.37. The molecule has 2 heterocycles. The second kappa shape index (κ2) is 8.25. The van der Waals surface area contributed by atoms with Crippen molar-refractivity contribution in [1.82, 2.24) is 10.3 Å². The van der Waals surface area contributed by atoms with E-state index in [1.165, 1.54) is 6.07 Å². The molecule has 0 saturated heterocycles. The number of urea groups is 1.